The lowest BCUT2D eigenvalue weighted by atomic mass is 10.1. The van der Waals surface area contributed by atoms with E-state index >= 15 is 0 Å². The number of halogens is 3. The van der Waals surface area contributed by atoms with E-state index in [-0.39, 0.29) is 5.69 Å². The van der Waals surface area contributed by atoms with Gasteiger partial charge in [0.25, 0.3) is 0 Å². The summed E-state index contributed by atoms with van der Waals surface area (Å²) in [6.45, 7) is 0. The van der Waals surface area contributed by atoms with Gasteiger partial charge in [0.2, 0.25) is 0 Å². The Kier molecular flexibility index (Phi) is 5.47. The fraction of sp³-hybridized carbons (Fsp3) is 0.118. The van der Waals surface area contributed by atoms with Gasteiger partial charge in [0.1, 0.15) is 0 Å². The summed E-state index contributed by atoms with van der Waals surface area (Å²) in [4.78, 5) is 11.1. The molecule has 2 rings (SSSR count). The summed E-state index contributed by atoms with van der Waals surface area (Å²) < 4.78 is 42.5. The van der Waals surface area contributed by atoms with Crippen LogP contribution in [0.4, 0.5) is 24.5 Å². The molecule has 0 aliphatic rings. The predicted octanol–water partition coefficient (Wildman–Crippen LogP) is 5.31. The zero-order valence-corrected chi connectivity index (χ0v) is 12.6. The first-order valence-electron chi connectivity index (χ1n) is 6.84. The molecule has 0 unspecified atom stereocenters. The largest absolute Gasteiger partial charge is 0.466 e. The lowest BCUT2D eigenvalue weighted by Gasteiger charge is -2.06. The Labute approximate surface area is 136 Å². The molecule has 0 amide bonds. The Balaban J connectivity index is 2.27. The number of nitrogens with zero attached hydrogens (tertiary/aromatic N) is 2. The van der Waals surface area contributed by atoms with Crippen LogP contribution in [0.25, 0.3) is 6.08 Å². The van der Waals surface area contributed by atoms with Crippen molar-refractivity contribution in [2.45, 2.75) is 6.18 Å². The SMILES string of the molecule is COC(=O)/C=C/c1ccccc1N=Nc1cccc(C(F)(F)F)c1. The standard InChI is InChI=1S/C17H13F3N2O2/c1-24-16(23)10-9-12-5-2-3-8-15(12)22-21-14-7-4-6-13(11-14)17(18,19)20/h2-11H,1H3/b10-9+,22-21?. The first kappa shape index (κ1) is 17.4. The van der Waals surface area contributed by atoms with Gasteiger partial charge in [-0.1, -0.05) is 24.3 Å². The molecule has 4 nitrogen and oxygen atoms in total. The van der Waals surface area contributed by atoms with Crippen LogP contribution in [0.1, 0.15) is 11.1 Å². The van der Waals surface area contributed by atoms with E-state index in [4.69, 9.17) is 0 Å². The van der Waals surface area contributed by atoms with Crippen LogP contribution in [-0.2, 0) is 15.7 Å². The first-order valence-corrected chi connectivity index (χ1v) is 6.84. The quantitative estimate of drug-likeness (QED) is 0.432. The molecule has 124 valence electrons. The summed E-state index contributed by atoms with van der Waals surface area (Å²) in [6.07, 6.45) is -1.72. The third-order valence-electron chi connectivity index (χ3n) is 2.98. The van der Waals surface area contributed by atoms with Gasteiger partial charge in [-0.25, -0.2) is 4.79 Å². The van der Waals surface area contributed by atoms with E-state index in [2.05, 4.69) is 15.0 Å². The van der Waals surface area contributed by atoms with Gasteiger partial charge in [0, 0.05) is 11.6 Å². The fourth-order valence-corrected chi connectivity index (χ4v) is 1.80. The van der Waals surface area contributed by atoms with E-state index in [0.717, 1.165) is 12.1 Å². The summed E-state index contributed by atoms with van der Waals surface area (Å²) in [5.74, 6) is -0.528. The normalized spacial score (nSPS) is 12.0. The number of carbonyl (C=O) groups is 1. The van der Waals surface area contributed by atoms with Gasteiger partial charge in [-0.15, -0.1) is 5.11 Å². The lowest BCUT2D eigenvalue weighted by Crippen LogP contribution is -2.03. The predicted molar refractivity (Wildman–Crippen MR) is 83.1 cm³/mol. The topological polar surface area (TPSA) is 51.0 Å². The third kappa shape index (κ3) is 4.77. The first-order chi connectivity index (χ1) is 11.4. The van der Waals surface area contributed by atoms with Crippen molar-refractivity contribution in [3.63, 3.8) is 0 Å². The Morgan fingerprint density at radius 2 is 1.83 bits per heavy atom. The Bertz CT molecular complexity index is 783. The molecular weight excluding hydrogens is 321 g/mol. The average molecular weight is 334 g/mol. The maximum Gasteiger partial charge on any atom is 0.416 e. The minimum atomic E-state index is -4.44. The van der Waals surface area contributed by atoms with Crippen LogP contribution in [0.15, 0.2) is 64.8 Å². The van der Waals surface area contributed by atoms with Crippen LogP contribution in [0.3, 0.4) is 0 Å². The van der Waals surface area contributed by atoms with Crippen molar-refractivity contribution < 1.29 is 22.7 Å². The molecule has 0 aliphatic carbocycles. The smallest absolute Gasteiger partial charge is 0.416 e. The summed E-state index contributed by atoms with van der Waals surface area (Å²) in [6, 6.07) is 11.3. The Morgan fingerprint density at radius 3 is 2.54 bits per heavy atom. The van der Waals surface area contributed by atoms with Crippen LogP contribution in [0, 0.1) is 0 Å². The van der Waals surface area contributed by atoms with Gasteiger partial charge in [-0.2, -0.15) is 18.3 Å². The van der Waals surface area contributed by atoms with Crippen molar-refractivity contribution in [2.24, 2.45) is 10.2 Å². The highest BCUT2D eigenvalue weighted by Gasteiger charge is 2.30. The van der Waals surface area contributed by atoms with Crippen LogP contribution in [0.2, 0.25) is 0 Å². The molecule has 0 bridgehead atoms. The molecule has 0 heterocycles. The van der Waals surface area contributed by atoms with Crippen molar-refractivity contribution in [2.75, 3.05) is 7.11 Å². The molecule has 2 aromatic carbocycles. The maximum atomic E-state index is 12.7. The van der Waals surface area contributed by atoms with Gasteiger partial charge in [0.05, 0.1) is 24.0 Å². The van der Waals surface area contributed by atoms with Crippen LogP contribution >= 0.6 is 0 Å². The summed E-state index contributed by atoms with van der Waals surface area (Å²) in [5, 5.41) is 7.79. The van der Waals surface area contributed by atoms with Crippen molar-refractivity contribution in [3.8, 4) is 0 Å². The van der Waals surface area contributed by atoms with E-state index in [9.17, 15) is 18.0 Å². The number of alkyl halides is 3. The molecule has 24 heavy (non-hydrogen) atoms. The van der Waals surface area contributed by atoms with Crippen LogP contribution in [0.5, 0.6) is 0 Å². The second kappa shape index (κ2) is 7.54. The molecule has 0 spiro atoms. The maximum absolute atomic E-state index is 12.7. The molecule has 0 N–H and O–H groups in total. The molecule has 0 atom stereocenters. The zero-order chi connectivity index (χ0) is 17.6. The third-order valence-corrected chi connectivity index (χ3v) is 2.98. The molecule has 0 fully saturated rings. The number of esters is 1. The van der Waals surface area contributed by atoms with Gasteiger partial charge in [-0.05, 0) is 30.3 Å². The minimum Gasteiger partial charge on any atom is -0.466 e. The van der Waals surface area contributed by atoms with Gasteiger partial charge < -0.3 is 4.74 Å². The number of ether oxygens (including phenoxy) is 1. The van der Waals surface area contributed by atoms with Crippen molar-refractivity contribution in [1.29, 1.82) is 0 Å². The highest BCUT2D eigenvalue weighted by molar-refractivity contribution is 5.88. The number of azo groups is 1. The molecule has 0 saturated heterocycles. The molecule has 7 heteroatoms. The van der Waals surface area contributed by atoms with Crippen LogP contribution in [-0.4, -0.2) is 13.1 Å². The molecule has 0 saturated carbocycles. The number of benzene rings is 2. The molecule has 0 radical (unpaired) electrons. The summed E-state index contributed by atoms with van der Waals surface area (Å²) in [7, 11) is 1.26. The number of rotatable bonds is 4. The van der Waals surface area contributed by atoms with Gasteiger partial charge >= 0.3 is 12.1 Å². The highest BCUT2D eigenvalue weighted by Crippen LogP contribution is 2.32. The van der Waals surface area contributed by atoms with Gasteiger partial charge in [-0.3, -0.25) is 0 Å². The van der Waals surface area contributed by atoms with Gasteiger partial charge in [0.15, 0.2) is 0 Å². The summed E-state index contributed by atoms with van der Waals surface area (Å²) in [5.41, 5.74) is 0.281. The minimum absolute atomic E-state index is 0.0802. The lowest BCUT2D eigenvalue weighted by molar-refractivity contribution is -0.137. The monoisotopic (exact) mass is 334 g/mol. The van der Waals surface area contributed by atoms with Crippen molar-refractivity contribution >= 4 is 23.4 Å². The molecule has 0 aromatic heterocycles. The van der Waals surface area contributed by atoms with E-state index in [1.165, 1.54) is 31.4 Å². The molecular formula is C17H13F3N2O2. The van der Waals surface area contributed by atoms with E-state index in [1.54, 1.807) is 24.3 Å². The summed E-state index contributed by atoms with van der Waals surface area (Å²) >= 11 is 0. The van der Waals surface area contributed by atoms with E-state index < -0.39 is 17.7 Å². The highest BCUT2D eigenvalue weighted by atomic mass is 19.4. The van der Waals surface area contributed by atoms with E-state index in [1.807, 2.05) is 0 Å². The zero-order valence-electron chi connectivity index (χ0n) is 12.6. The Hall–Kier alpha value is -2.96. The fourth-order valence-electron chi connectivity index (χ4n) is 1.80. The Morgan fingerprint density at radius 1 is 1.08 bits per heavy atom. The molecule has 2 aromatic rings. The number of methoxy groups -OCH3 is 1. The van der Waals surface area contributed by atoms with E-state index in [0.29, 0.717) is 11.3 Å². The van der Waals surface area contributed by atoms with Crippen molar-refractivity contribution in [1.82, 2.24) is 0 Å². The van der Waals surface area contributed by atoms with Crippen LogP contribution < -0.4 is 0 Å². The molecule has 0 aliphatic heterocycles. The number of carbonyl (C=O) groups excluding carboxylic acids is 1. The second-order valence-electron chi connectivity index (χ2n) is 4.66. The number of hydrogen-bond donors (Lipinski definition) is 0. The average Bonchev–Trinajstić information content (AvgIpc) is 2.58. The number of hydrogen-bond acceptors (Lipinski definition) is 4. The second-order valence-corrected chi connectivity index (χ2v) is 4.66. The van der Waals surface area contributed by atoms with Crippen molar-refractivity contribution in [3.05, 3.63) is 65.7 Å².